The number of fused-ring (bicyclic) bond motifs is 1. The van der Waals surface area contributed by atoms with Gasteiger partial charge in [0.25, 0.3) is 0 Å². The van der Waals surface area contributed by atoms with Gasteiger partial charge in [-0.15, -0.1) is 0 Å². The molecule has 2 saturated heterocycles. The van der Waals surface area contributed by atoms with Crippen LogP contribution in [0, 0.1) is 0 Å². The van der Waals surface area contributed by atoms with Crippen LogP contribution in [-0.2, 0) is 22.4 Å². The van der Waals surface area contributed by atoms with E-state index in [0.717, 1.165) is 63.4 Å². The fourth-order valence-corrected chi connectivity index (χ4v) is 4.71. The van der Waals surface area contributed by atoms with Crippen LogP contribution in [-0.4, -0.2) is 66.7 Å². The summed E-state index contributed by atoms with van der Waals surface area (Å²) in [5.41, 5.74) is 2.35. The molecule has 4 rings (SSSR count). The monoisotopic (exact) mass is 358 g/mol. The Morgan fingerprint density at radius 2 is 2.04 bits per heavy atom. The third-order valence-corrected chi connectivity index (χ3v) is 5.77. The first kappa shape index (κ1) is 17.8. The van der Waals surface area contributed by atoms with Crippen LogP contribution in [0.2, 0.25) is 0 Å². The van der Waals surface area contributed by atoms with Crippen molar-refractivity contribution in [2.45, 2.75) is 57.8 Å². The van der Waals surface area contributed by atoms with Gasteiger partial charge in [0.15, 0.2) is 0 Å². The lowest BCUT2D eigenvalue weighted by Crippen LogP contribution is -2.51. The Hall–Kier alpha value is -1.59. The molecule has 0 aromatic heterocycles. The van der Waals surface area contributed by atoms with Gasteiger partial charge >= 0.3 is 0 Å². The van der Waals surface area contributed by atoms with E-state index in [2.05, 4.69) is 29.7 Å². The minimum atomic E-state index is 0.265. The normalized spacial score (nSPS) is 28.8. The lowest BCUT2D eigenvalue weighted by atomic mass is 10.1. The quantitative estimate of drug-likeness (QED) is 0.828. The van der Waals surface area contributed by atoms with Crippen LogP contribution < -0.4 is 4.74 Å². The SMILES string of the molecule is C[C@@H]1CN(C[C@@H]2CCCN2C(=O)Cc2ccc3c(c2)CCO3)C[C@@H](C)O1. The third-order valence-electron chi connectivity index (χ3n) is 5.77. The number of hydrogen-bond donors (Lipinski definition) is 0. The lowest BCUT2D eigenvalue weighted by Gasteiger charge is -2.38. The Morgan fingerprint density at radius 1 is 1.23 bits per heavy atom. The van der Waals surface area contributed by atoms with Crippen molar-refractivity contribution >= 4 is 5.91 Å². The van der Waals surface area contributed by atoms with Gasteiger partial charge in [0.2, 0.25) is 5.91 Å². The summed E-state index contributed by atoms with van der Waals surface area (Å²) in [4.78, 5) is 17.5. The smallest absolute Gasteiger partial charge is 0.227 e. The Labute approximate surface area is 156 Å². The van der Waals surface area contributed by atoms with Gasteiger partial charge in [-0.2, -0.15) is 0 Å². The summed E-state index contributed by atoms with van der Waals surface area (Å²) >= 11 is 0. The van der Waals surface area contributed by atoms with Crippen LogP contribution in [0.4, 0.5) is 0 Å². The summed E-state index contributed by atoms with van der Waals surface area (Å²) in [5, 5.41) is 0. The fraction of sp³-hybridized carbons (Fsp3) is 0.667. The van der Waals surface area contributed by atoms with Crippen molar-refractivity contribution in [3.05, 3.63) is 29.3 Å². The Balaban J connectivity index is 1.37. The summed E-state index contributed by atoms with van der Waals surface area (Å²) in [7, 11) is 0. The second-order valence-electron chi connectivity index (χ2n) is 8.08. The molecule has 3 aliphatic rings. The average molecular weight is 358 g/mol. The summed E-state index contributed by atoms with van der Waals surface area (Å²) < 4.78 is 11.4. The number of carbonyl (C=O) groups is 1. The summed E-state index contributed by atoms with van der Waals surface area (Å²) in [5.74, 6) is 1.25. The summed E-state index contributed by atoms with van der Waals surface area (Å²) in [6.45, 7) is 8.84. The predicted octanol–water partition coefficient (Wildman–Crippen LogP) is 2.26. The molecule has 2 fully saturated rings. The molecule has 0 N–H and O–H groups in total. The zero-order valence-corrected chi connectivity index (χ0v) is 15.9. The van der Waals surface area contributed by atoms with Crippen molar-refractivity contribution in [3.63, 3.8) is 0 Å². The molecule has 5 nitrogen and oxygen atoms in total. The molecule has 5 heteroatoms. The molecule has 26 heavy (non-hydrogen) atoms. The molecule has 0 unspecified atom stereocenters. The van der Waals surface area contributed by atoms with Gasteiger partial charge in [-0.25, -0.2) is 0 Å². The molecule has 1 aromatic carbocycles. The number of hydrogen-bond acceptors (Lipinski definition) is 4. The molecule has 142 valence electrons. The number of carbonyl (C=O) groups excluding carboxylic acids is 1. The number of benzene rings is 1. The van der Waals surface area contributed by atoms with E-state index in [4.69, 9.17) is 9.47 Å². The van der Waals surface area contributed by atoms with Crippen molar-refractivity contribution in [2.75, 3.05) is 32.8 Å². The number of morpholine rings is 1. The van der Waals surface area contributed by atoms with Gasteiger partial charge in [0, 0.05) is 38.6 Å². The molecule has 0 saturated carbocycles. The van der Waals surface area contributed by atoms with E-state index in [1.54, 1.807) is 0 Å². The molecule has 1 amide bonds. The van der Waals surface area contributed by atoms with Crippen LogP contribution >= 0.6 is 0 Å². The van der Waals surface area contributed by atoms with E-state index in [-0.39, 0.29) is 18.1 Å². The number of likely N-dealkylation sites (tertiary alicyclic amines) is 1. The Bertz CT molecular complexity index is 653. The van der Waals surface area contributed by atoms with Crippen LogP contribution in [0.5, 0.6) is 5.75 Å². The van der Waals surface area contributed by atoms with E-state index in [9.17, 15) is 4.79 Å². The highest BCUT2D eigenvalue weighted by molar-refractivity contribution is 5.79. The highest BCUT2D eigenvalue weighted by atomic mass is 16.5. The molecule has 0 bridgehead atoms. The molecule has 3 atom stereocenters. The van der Waals surface area contributed by atoms with Gasteiger partial charge in [0.05, 0.1) is 25.2 Å². The minimum absolute atomic E-state index is 0.265. The molecular formula is C21H30N2O3. The van der Waals surface area contributed by atoms with E-state index in [0.29, 0.717) is 12.5 Å². The van der Waals surface area contributed by atoms with Gasteiger partial charge in [-0.05, 0) is 43.9 Å². The Morgan fingerprint density at radius 3 is 2.85 bits per heavy atom. The molecule has 1 aromatic rings. The van der Waals surface area contributed by atoms with Crippen LogP contribution in [0.1, 0.15) is 37.8 Å². The zero-order chi connectivity index (χ0) is 18.1. The molecule has 0 spiro atoms. The third kappa shape index (κ3) is 3.89. The second kappa shape index (κ2) is 7.57. The number of rotatable bonds is 4. The number of amides is 1. The second-order valence-corrected chi connectivity index (χ2v) is 8.08. The number of nitrogens with zero attached hydrogens (tertiary/aromatic N) is 2. The average Bonchev–Trinajstić information content (AvgIpc) is 3.22. The highest BCUT2D eigenvalue weighted by Crippen LogP contribution is 2.27. The van der Waals surface area contributed by atoms with Gasteiger partial charge < -0.3 is 14.4 Å². The molecule has 0 aliphatic carbocycles. The summed E-state index contributed by atoms with van der Waals surface area (Å²) in [6, 6.07) is 6.55. The number of ether oxygens (including phenoxy) is 2. The van der Waals surface area contributed by atoms with Crippen LogP contribution in [0.3, 0.4) is 0 Å². The standard InChI is InChI=1S/C21H30N2O3/c1-15-12-22(13-16(2)26-15)14-19-4-3-8-23(19)21(24)11-17-5-6-20-18(10-17)7-9-25-20/h5-6,10,15-16,19H,3-4,7-9,11-14H2,1-2H3/t15-,16-,19+/m1/s1. The molecular weight excluding hydrogens is 328 g/mol. The van der Waals surface area contributed by atoms with Gasteiger partial charge in [-0.1, -0.05) is 12.1 Å². The largest absolute Gasteiger partial charge is 0.493 e. The van der Waals surface area contributed by atoms with E-state index in [1.807, 2.05) is 12.1 Å². The van der Waals surface area contributed by atoms with Crippen LogP contribution in [0.15, 0.2) is 18.2 Å². The van der Waals surface area contributed by atoms with Gasteiger partial charge in [-0.3, -0.25) is 9.69 Å². The maximum absolute atomic E-state index is 12.9. The van der Waals surface area contributed by atoms with Gasteiger partial charge in [0.1, 0.15) is 5.75 Å². The Kier molecular flexibility index (Phi) is 5.18. The van der Waals surface area contributed by atoms with Crippen molar-refractivity contribution in [1.82, 2.24) is 9.80 Å². The first-order chi connectivity index (χ1) is 12.6. The molecule has 3 heterocycles. The molecule has 0 radical (unpaired) electrons. The van der Waals surface area contributed by atoms with Crippen LogP contribution in [0.25, 0.3) is 0 Å². The van der Waals surface area contributed by atoms with Crippen molar-refractivity contribution in [3.8, 4) is 5.75 Å². The van der Waals surface area contributed by atoms with E-state index >= 15 is 0 Å². The van der Waals surface area contributed by atoms with E-state index in [1.165, 1.54) is 5.56 Å². The summed E-state index contributed by atoms with van der Waals surface area (Å²) in [6.07, 6.45) is 4.24. The first-order valence-corrected chi connectivity index (χ1v) is 10.0. The maximum atomic E-state index is 12.9. The fourth-order valence-electron chi connectivity index (χ4n) is 4.71. The first-order valence-electron chi connectivity index (χ1n) is 10.0. The van der Waals surface area contributed by atoms with Crippen molar-refractivity contribution in [1.29, 1.82) is 0 Å². The highest BCUT2D eigenvalue weighted by Gasteiger charge is 2.32. The predicted molar refractivity (Wildman–Crippen MR) is 101 cm³/mol. The maximum Gasteiger partial charge on any atom is 0.227 e. The lowest BCUT2D eigenvalue weighted by molar-refractivity contribution is -0.132. The topological polar surface area (TPSA) is 42.0 Å². The van der Waals surface area contributed by atoms with Crippen molar-refractivity contribution < 1.29 is 14.3 Å². The van der Waals surface area contributed by atoms with E-state index < -0.39 is 0 Å². The minimum Gasteiger partial charge on any atom is -0.493 e. The zero-order valence-electron chi connectivity index (χ0n) is 15.9. The van der Waals surface area contributed by atoms with Crippen molar-refractivity contribution in [2.24, 2.45) is 0 Å². The molecule has 3 aliphatic heterocycles.